The molecular formula is C24H18N4O4. The van der Waals surface area contributed by atoms with Crippen LogP contribution in [0.3, 0.4) is 0 Å². The number of benzene rings is 3. The van der Waals surface area contributed by atoms with E-state index < -0.39 is 17.8 Å². The molecule has 0 spiro atoms. The van der Waals surface area contributed by atoms with Gasteiger partial charge in [-0.15, -0.1) is 0 Å². The molecule has 3 aromatic carbocycles. The lowest BCUT2D eigenvalue weighted by atomic mass is 10.0. The highest BCUT2D eigenvalue weighted by Crippen LogP contribution is 2.32. The van der Waals surface area contributed by atoms with Crippen molar-refractivity contribution in [3.8, 4) is 16.9 Å². The lowest BCUT2D eigenvalue weighted by Crippen LogP contribution is -2.17. The van der Waals surface area contributed by atoms with E-state index in [0.29, 0.717) is 16.8 Å². The second-order valence-corrected chi connectivity index (χ2v) is 6.89. The van der Waals surface area contributed by atoms with E-state index in [1.54, 1.807) is 66.7 Å². The van der Waals surface area contributed by atoms with Gasteiger partial charge in [0.2, 0.25) is 5.91 Å². The summed E-state index contributed by atoms with van der Waals surface area (Å²) in [5.74, 6) is -2.42. The average Bonchev–Trinajstić information content (AvgIpc) is 3.19. The topological polar surface area (TPSA) is 127 Å². The van der Waals surface area contributed by atoms with Gasteiger partial charge in [0.1, 0.15) is 11.3 Å². The van der Waals surface area contributed by atoms with E-state index in [1.807, 2.05) is 6.07 Å². The lowest BCUT2D eigenvalue weighted by Gasteiger charge is -2.10. The molecule has 0 radical (unpaired) electrons. The van der Waals surface area contributed by atoms with Gasteiger partial charge in [-0.2, -0.15) is 5.10 Å². The Morgan fingerprint density at radius 3 is 2.09 bits per heavy atom. The first-order valence-electron chi connectivity index (χ1n) is 9.64. The van der Waals surface area contributed by atoms with Gasteiger partial charge in [-0.05, 0) is 36.4 Å². The summed E-state index contributed by atoms with van der Waals surface area (Å²) in [5.41, 5.74) is 6.76. The molecule has 0 aliphatic heterocycles. The van der Waals surface area contributed by atoms with Crippen LogP contribution in [-0.2, 0) is 0 Å². The van der Waals surface area contributed by atoms with Crippen LogP contribution < -0.4 is 11.1 Å². The number of carbonyl (C=O) groups is 3. The highest BCUT2D eigenvalue weighted by molar-refractivity contribution is 6.09. The molecule has 4 N–H and O–H groups in total. The Balaban J connectivity index is 1.92. The van der Waals surface area contributed by atoms with Gasteiger partial charge in [-0.25, -0.2) is 9.48 Å². The summed E-state index contributed by atoms with van der Waals surface area (Å²) in [4.78, 5) is 36.8. The van der Waals surface area contributed by atoms with Crippen LogP contribution in [0.4, 0.5) is 5.82 Å². The molecule has 0 aliphatic rings. The van der Waals surface area contributed by atoms with Crippen molar-refractivity contribution >= 4 is 23.6 Å². The van der Waals surface area contributed by atoms with Crippen LogP contribution in [0.15, 0.2) is 84.9 Å². The van der Waals surface area contributed by atoms with Crippen molar-refractivity contribution in [1.29, 1.82) is 0 Å². The Hall–Kier alpha value is -4.72. The van der Waals surface area contributed by atoms with Gasteiger partial charge < -0.3 is 16.2 Å². The van der Waals surface area contributed by atoms with Crippen LogP contribution in [0.5, 0.6) is 0 Å². The first kappa shape index (κ1) is 20.5. The zero-order valence-electron chi connectivity index (χ0n) is 16.7. The number of nitrogens with two attached hydrogens (primary N) is 1. The zero-order chi connectivity index (χ0) is 22.7. The van der Waals surface area contributed by atoms with Crippen molar-refractivity contribution in [1.82, 2.24) is 9.78 Å². The van der Waals surface area contributed by atoms with Gasteiger partial charge in [0.25, 0.3) is 5.91 Å². The largest absolute Gasteiger partial charge is 0.477 e. The van der Waals surface area contributed by atoms with Crippen molar-refractivity contribution in [2.24, 2.45) is 5.73 Å². The predicted octanol–water partition coefficient (Wildman–Crippen LogP) is 3.59. The molecule has 1 heterocycles. The smallest absolute Gasteiger partial charge is 0.341 e. The monoisotopic (exact) mass is 426 g/mol. The number of anilines is 1. The zero-order valence-corrected chi connectivity index (χ0v) is 16.7. The van der Waals surface area contributed by atoms with Gasteiger partial charge >= 0.3 is 5.97 Å². The maximum atomic E-state index is 12.9. The number of primary amides is 1. The third kappa shape index (κ3) is 3.97. The van der Waals surface area contributed by atoms with Crippen molar-refractivity contribution in [2.45, 2.75) is 0 Å². The summed E-state index contributed by atoms with van der Waals surface area (Å²) in [7, 11) is 0. The third-order valence-electron chi connectivity index (χ3n) is 4.79. The van der Waals surface area contributed by atoms with Crippen LogP contribution in [0.25, 0.3) is 16.9 Å². The number of aromatic nitrogens is 2. The average molecular weight is 426 g/mol. The maximum Gasteiger partial charge on any atom is 0.341 e. The summed E-state index contributed by atoms with van der Waals surface area (Å²) in [6, 6.07) is 23.5. The van der Waals surface area contributed by atoms with E-state index in [4.69, 9.17) is 5.73 Å². The Bertz CT molecular complexity index is 1310. The molecule has 32 heavy (non-hydrogen) atoms. The van der Waals surface area contributed by atoms with E-state index in [-0.39, 0.29) is 22.6 Å². The third-order valence-corrected chi connectivity index (χ3v) is 4.79. The number of amides is 2. The molecule has 0 unspecified atom stereocenters. The van der Waals surface area contributed by atoms with Crippen molar-refractivity contribution < 1.29 is 19.5 Å². The minimum absolute atomic E-state index is 0.00275. The van der Waals surface area contributed by atoms with Crippen LogP contribution in [0, 0.1) is 0 Å². The molecule has 2 amide bonds. The lowest BCUT2D eigenvalue weighted by molar-refractivity contribution is 0.0698. The van der Waals surface area contributed by atoms with Gasteiger partial charge in [0, 0.05) is 16.7 Å². The normalized spacial score (nSPS) is 10.5. The highest BCUT2D eigenvalue weighted by atomic mass is 16.4. The second kappa shape index (κ2) is 8.57. The van der Waals surface area contributed by atoms with Gasteiger partial charge in [0.15, 0.2) is 5.82 Å². The fourth-order valence-electron chi connectivity index (χ4n) is 3.28. The molecule has 0 fully saturated rings. The highest BCUT2D eigenvalue weighted by Gasteiger charge is 2.27. The van der Waals surface area contributed by atoms with Crippen molar-refractivity contribution in [3.63, 3.8) is 0 Å². The summed E-state index contributed by atoms with van der Waals surface area (Å²) < 4.78 is 1.36. The molecule has 1 aromatic heterocycles. The van der Waals surface area contributed by atoms with E-state index in [2.05, 4.69) is 10.4 Å². The summed E-state index contributed by atoms with van der Waals surface area (Å²) in [6.45, 7) is 0. The van der Waals surface area contributed by atoms with E-state index >= 15 is 0 Å². The standard InChI is InChI=1S/C24H18N4O4/c25-21(29)17-11-7-10-16(14-17)20-19(24(31)32)22(26-23(30)15-8-3-1-4-9-15)28(27-20)18-12-5-2-6-13-18/h1-14H,(H2,25,29)(H,26,30)(H,31,32). The molecule has 0 aliphatic carbocycles. The minimum atomic E-state index is -1.28. The Labute approximate surface area is 182 Å². The van der Waals surface area contributed by atoms with E-state index in [0.717, 1.165) is 0 Å². The number of carboxylic acids is 1. The maximum absolute atomic E-state index is 12.9. The van der Waals surface area contributed by atoms with Crippen molar-refractivity contribution in [3.05, 3.63) is 102 Å². The number of hydrogen-bond acceptors (Lipinski definition) is 4. The summed E-state index contributed by atoms with van der Waals surface area (Å²) in [6.07, 6.45) is 0. The van der Waals surface area contributed by atoms with E-state index in [1.165, 1.54) is 16.8 Å². The summed E-state index contributed by atoms with van der Waals surface area (Å²) in [5, 5.41) is 17.2. The summed E-state index contributed by atoms with van der Waals surface area (Å²) >= 11 is 0. The fourth-order valence-corrected chi connectivity index (χ4v) is 3.28. The number of hydrogen-bond donors (Lipinski definition) is 3. The number of para-hydroxylation sites is 1. The molecule has 0 saturated carbocycles. The molecular weight excluding hydrogens is 408 g/mol. The van der Waals surface area contributed by atoms with Gasteiger partial charge in [-0.1, -0.05) is 48.5 Å². The molecule has 0 saturated heterocycles. The molecule has 158 valence electrons. The van der Waals surface area contributed by atoms with E-state index in [9.17, 15) is 19.5 Å². The SMILES string of the molecule is NC(=O)c1cccc(-c2nn(-c3ccccc3)c(NC(=O)c3ccccc3)c2C(=O)O)c1. The Morgan fingerprint density at radius 1 is 0.844 bits per heavy atom. The molecule has 8 heteroatoms. The second-order valence-electron chi connectivity index (χ2n) is 6.89. The van der Waals surface area contributed by atoms with Crippen LogP contribution >= 0.6 is 0 Å². The van der Waals surface area contributed by atoms with Crippen LogP contribution in [0.1, 0.15) is 31.1 Å². The number of carboxylic acid groups (broad SMARTS) is 1. The molecule has 0 atom stereocenters. The van der Waals surface area contributed by atoms with Crippen LogP contribution in [0.2, 0.25) is 0 Å². The Morgan fingerprint density at radius 2 is 1.47 bits per heavy atom. The Kier molecular flexibility index (Phi) is 5.50. The number of rotatable bonds is 6. The van der Waals surface area contributed by atoms with Gasteiger partial charge in [0.05, 0.1) is 5.69 Å². The number of nitrogens with zero attached hydrogens (tertiary/aromatic N) is 2. The number of aromatic carboxylic acids is 1. The first-order chi connectivity index (χ1) is 15.5. The first-order valence-corrected chi connectivity index (χ1v) is 9.64. The predicted molar refractivity (Wildman–Crippen MR) is 119 cm³/mol. The molecule has 8 nitrogen and oxygen atoms in total. The quantitative estimate of drug-likeness (QED) is 0.434. The van der Waals surface area contributed by atoms with Crippen molar-refractivity contribution in [2.75, 3.05) is 5.32 Å². The fraction of sp³-hybridized carbons (Fsp3) is 0. The molecule has 4 aromatic rings. The number of carbonyl (C=O) groups excluding carboxylic acids is 2. The minimum Gasteiger partial charge on any atom is -0.477 e. The molecule has 0 bridgehead atoms. The number of nitrogens with one attached hydrogen (secondary N) is 1. The van der Waals surface area contributed by atoms with Crippen LogP contribution in [-0.4, -0.2) is 32.7 Å². The van der Waals surface area contributed by atoms with Gasteiger partial charge in [-0.3, -0.25) is 9.59 Å². The molecule has 4 rings (SSSR count).